The minimum atomic E-state index is -0.431. The molecule has 3 N–H and O–H groups in total. The number of fused-ring (bicyclic) bond motifs is 1. The number of nitrogens with one attached hydrogen (secondary N) is 1. The van der Waals surface area contributed by atoms with E-state index in [-0.39, 0.29) is 17.5 Å². The highest BCUT2D eigenvalue weighted by atomic mass is 16.5. The third-order valence-corrected chi connectivity index (χ3v) is 7.30. The maximum absolute atomic E-state index is 13.9. The highest BCUT2D eigenvalue weighted by molar-refractivity contribution is 6.06. The van der Waals surface area contributed by atoms with Gasteiger partial charge in [0.05, 0.1) is 39.6 Å². The van der Waals surface area contributed by atoms with E-state index in [9.17, 15) is 9.59 Å². The number of benzene rings is 3. The molecule has 0 spiro atoms. The van der Waals surface area contributed by atoms with E-state index < -0.39 is 5.56 Å². The Morgan fingerprint density at radius 1 is 0.864 bits per heavy atom. The average Bonchev–Trinajstić information content (AvgIpc) is 3.48. The molecule has 1 aromatic heterocycles. The largest absolute Gasteiger partial charge is 0.496 e. The molecule has 4 aromatic rings. The van der Waals surface area contributed by atoms with Crippen LogP contribution in [0.2, 0.25) is 0 Å². The number of carbonyl (C=O) groups is 1. The number of amides is 1. The summed E-state index contributed by atoms with van der Waals surface area (Å²) < 4.78 is 28.1. The average molecular weight is 600 g/mol. The fourth-order valence-corrected chi connectivity index (χ4v) is 5.26. The second kappa shape index (κ2) is 15.2. The van der Waals surface area contributed by atoms with E-state index in [1.165, 1.54) is 6.20 Å². The summed E-state index contributed by atoms with van der Waals surface area (Å²) in [5.74, 6) is 2.37. The molecular formula is C34H37N3O7. The van der Waals surface area contributed by atoms with Gasteiger partial charge in [0.15, 0.2) is 0 Å². The number of hydrogen-bond donors (Lipinski definition) is 2. The number of carbonyl (C=O) groups excluding carboxylic acids is 1. The van der Waals surface area contributed by atoms with Crippen molar-refractivity contribution >= 4 is 11.6 Å². The SMILES string of the molecule is COc1cccc2c1CCC2N(C(=O)c1ccc[nH]c1=O)c1ccc(Oc2ccc(OCCOCCOCCN)cc2)cc1. The van der Waals surface area contributed by atoms with Crippen molar-refractivity contribution < 1.29 is 28.5 Å². The highest BCUT2D eigenvalue weighted by Gasteiger charge is 2.35. The summed E-state index contributed by atoms with van der Waals surface area (Å²) in [5, 5.41) is 0. The molecule has 10 heteroatoms. The summed E-state index contributed by atoms with van der Waals surface area (Å²) in [7, 11) is 1.65. The van der Waals surface area contributed by atoms with Gasteiger partial charge >= 0.3 is 0 Å². The fraction of sp³-hybridized carbons (Fsp3) is 0.294. The van der Waals surface area contributed by atoms with Crippen LogP contribution in [0.5, 0.6) is 23.0 Å². The number of nitrogens with two attached hydrogens (primary N) is 1. The molecule has 1 amide bonds. The number of hydrogen-bond acceptors (Lipinski definition) is 8. The van der Waals surface area contributed by atoms with Crippen LogP contribution in [0.3, 0.4) is 0 Å². The first-order chi connectivity index (χ1) is 21.6. The van der Waals surface area contributed by atoms with Crippen LogP contribution in [0.15, 0.2) is 89.9 Å². The first-order valence-corrected chi connectivity index (χ1v) is 14.6. The Bertz CT molecular complexity index is 1570. The fourth-order valence-electron chi connectivity index (χ4n) is 5.26. The van der Waals surface area contributed by atoms with Crippen LogP contribution in [0.25, 0.3) is 0 Å². The first-order valence-electron chi connectivity index (χ1n) is 14.6. The van der Waals surface area contributed by atoms with Crippen molar-refractivity contribution in [3.05, 3.63) is 112 Å². The van der Waals surface area contributed by atoms with Crippen molar-refractivity contribution in [3.8, 4) is 23.0 Å². The van der Waals surface area contributed by atoms with Gasteiger partial charge in [0.1, 0.15) is 35.2 Å². The number of rotatable bonds is 15. The normalized spacial score (nSPS) is 13.7. The molecule has 10 nitrogen and oxygen atoms in total. The maximum Gasteiger partial charge on any atom is 0.264 e. The third kappa shape index (κ3) is 7.46. The van der Waals surface area contributed by atoms with Gasteiger partial charge in [-0.3, -0.25) is 9.59 Å². The Morgan fingerprint density at radius 2 is 1.55 bits per heavy atom. The van der Waals surface area contributed by atoms with Crippen LogP contribution in [0.4, 0.5) is 5.69 Å². The minimum absolute atomic E-state index is 0.0783. The van der Waals surface area contributed by atoms with Crippen LogP contribution in [-0.2, 0) is 15.9 Å². The van der Waals surface area contributed by atoms with E-state index in [2.05, 4.69) is 4.98 Å². The summed E-state index contributed by atoms with van der Waals surface area (Å²) in [5.41, 5.74) is 7.77. The molecule has 1 heterocycles. The third-order valence-electron chi connectivity index (χ3n) is 7.30. The summed E-state index contributed by atoms with van der Waals surface area (Å²) in [6, 6.07) is 23.4. The van der Waals surface area contributed by atoms with E-state index in [0.717, 1.165) is 23.3 Å². The maximum atomic E-state index is 13.9. The van der Waals surface area contributed by atoms with Crippen LogP contribution >= 0.6 is 0 Å². The van der Waals surface area contributed by atoms with Gasteiger partial charge in [0.2, 0.25) is 0 Å². The highest BCUT2D eigenvalue weighted by Crippen LogP contribution is 2.43. The smallest absolute Gasteiger partial charge is 0.264 e. The lowest BCUT2D eigenvalue weighted by Crippen LogP contribution is -2.37. The molecule has 0 saturated carbocycles. The zero-order valence-electron chi connectivity index (χ0n) is 24.7. The van der Waals surface area contributed by atoms with Crippen molar-refractivity contribution in [1.29, 1.82) is 0 Å². The quantitative estimate of drug-likeness (QED) is 0.185. The number of ether oxygens (including phenoxy) is 5. The Balaban J connectivity index is 1.26. The van der Waals surface area contributed by atoms with Crippen molar-refractivity contribution in [2.75, 3.05) is 51.6 Å². The molecule has 1 aliphatic carbocycles. The van der Waals surface area contributed by atoms with Crippen molar-refractivity contribution in [2.24, 2.45) is 5.73 Å². The lowest BCUT2D eigenvalue weighted by Gasteiger charge is -2.30. The summed E-state index contributed by atoms with van der Waals surface area (Å²) in [6.45, 7) is 2.90. The number of H-pyrrole nitrogens is 1. The van der Waals surface area contributed by atoms with Gasteiger partial charge in [-0.1, -0.05) is 12.1 Å². The first kappa shape index (κ1) is 30.8. The van der Waals surface area contributed by atoms with E-state index in [0.29, 0.717) is 68.9 Å². The molecule has 5 rings (SSSR count). The molecule has 230 valence electrons. The van der Waals surface area contributed by atoms with Gasteiger partial charge in [-0.05, 0) is 90.7 Å². The summed E-state index contributed by atoms with van der Waals surface area (Å²) in [4.78, 5) is 30.8. The Hall–Kier alpha value is -4.64. The van der Waals surface area contributed by atoms with Gasteiger partial charge in [0.25, 0.3) is 11.5 Å². The Kier molecular flexibility index (Phi) is 10.6. The second-order valence-corrected chi connectivity index (χ2v) is 10.1. The lowest BCUT2D eigenvalue weighted by atomic mass is 10.0. The van der Waals surface area contributed by atoms with Crippen molar-refractivity contribution in [3.63, 3.8) is 0 Å². The molecule has 0 fully saturated rings. The number of aromatic nitrogens is 1. The van der Waals surface area contributed by atoms with Gasteiger partial charge < -0.3 is 39.3 Å². The predicted molar refractivity (Wildman–Crippen MR) is 167 cm³/mol. The van der Waals surface area contributed by atoms with E-state index in [1.807, 2.05) is 66.7 Å². The van der Waals surface area contributed by atoms with Crippen LogP contribution in [-0.4, -0.2) is 57.6 Å². The number of pyridine rings is 1. The topological polar surface area (TPSA) is 125 Å². The number of aromatic amines is 1. The lowest BCUT2D eigenvalue weighted by molar-refractivity contribution is 0.0388. The van der Waals surface area contributed by atoms with Gasteiger partial charge in [-0.25, -0.2) is 0 Å². The molecule has 44 heavy (non-hydrogen) atoms. The predicted octanol–water partition coefficient (Wildman–Crippen LogP) is 4.88. The van der Waals surface area contributed by atoms with Gasteiger partial charge in [-0.15, -0.1) is 0 Å². The molecule has 0 radical (unpaired) electrons. The molecule has 0 saturated heterocycles. The molecular weight excluding hydrogens is 562 g/mol. The minimum Gasteiger partial charge on any atom is -0.496 e. The summed E-state index contributed by atoms with van der Waals surface area (Å²) >= 11 is 0. The number of methoxy groups -OCH3 is 1. The molecule has 1 aliphatic rings. The van der Waals surface area contributed by atoms with Gasteiger partial charge in [0, 0.05) is 18.4 Å². The molecule has 0 aliphatic heterocycles. The van der Waals surface area contributed by atoms with Crippen molar-refractivity contribution in [1.82, 2.24) is 4.98 Å². The standard InChI is InChI=1S/C34H37N3O7/c1-40-32-6-2-4-28-29(32)15-16-31(28)37(34(39)30-5-3-18-36-33(30)38)24-7-9-26(10-8-24)44-27-13-11-25(12-14-27)43-23-22-42-21-20-41-19-17-35/h2-14,18,31H,15-17,19-23,35H2,1H3,(H,36,38). The van der Waals surface area contributed by atoms with Crippen molar-refractivity contribution in [2.45, 2.75) is 18.9 Å². The zero-order valence-corrected chi connectivity index (χ0v) is 24.7. The van der Waals surface area contributed by atoms with Crippen LogP contribution in [0.1, 0.15) is 33.9 Å². The molecule has 3 aromatic carbocycles. The molecule has 1 unspecified atom stereocenters. The Labute approximate surface area is 256 Å². The van der Waals surface area contributed by atoms with Crippen LogP contribution < -0.4 is 30.4 Å². The monoisotopic (exact) mass is 599 g/mol. The number of anilines is 1. The molecule has 1 atom stereocenters. The summed E-state index contributed by atoms with van der Waals surface area (Å²) in [6.07, 6.45) is 2.98. The van der Waals surface area contributed by atoms with E-state index >= 15 is 0 Å². The van der Waals surface area contributed by atoms with Gasteiger partial charge in [-0.2, -0.15) is 0 Å². The Morgan fingerprint density at radius 3 is 2.25 bits per heavy atom. The molecule has 0 bridgehead atoms. The van der Waals surface area contributed by atoms with E-state index in [4.69, 9.17) is 29.4 Å². The second-order valence-electron chi connectivity index (χ2n) is 10.1. The number of nitrogens with zero attached hydrogens (tertiary/aromatic N) is 1. The van der Waals surface area contributed by atoms with E-state index in [1.54, 1.807) is 24.1 Å². The zero-order chi connectivity index (χ0) is 30.7. The van der Waals surface area contributed by atoms with Crippen LogP contribution in [0, 0.1) is 0 Å².